The van der Waals surface area contributed by atoms with Crippen LogP contribution in [0.25, 0.3) is 0 Å². The summed E-state index contributed by atoms with van der Waals surface area (Å²) in [6.45, 7) is 6.54. The molecule has 0 spiro atoms. The molecule has 0 atom stereocenters. The molecule has 0 aliphatic heterocycles. The first kappa shape index (κ1) is 13.3. The average Bonchev–Trinajstić information content (AvgIpc) is 2.32. The Kier molecular flexibility index (Phi) is 6.22. The van der Waals surface area contributed by atoms with Gasteiger partial charge in [0.2, 0.25) is 0 Å². The van der Waals surface area contributed by atoms with E-state index in [0.717, 1.165) is 0 Å². The summed E-state index contributed by atoms with van der Waals surface area (Å²) in [5.41, 5.74) is 2.76. The van der Waals surface area contributed by atoms with Crippen molar-refractivity contribution >= 4 is 0 Å². The predicted molar refractivity (Wildman–Crippen MR) is 73.0 cm³/mol. The van der Waals surface area contributed by atoms with Crippen molar-refractivity contribution in [3.63, 3.8) is 0 Å². The molecule has 1 aliphatic carbocycles. The smallest absolute Gasteiger partial charge is 0.0219 e. The van der Waals surface area contributed by atoms with Gasteiger partial charge in [0.25, 0.3) is 0 Å². The standard InChI is InChI=1S/C10H14.C6H12/c1-8(2)10-6-4-9(3)5-7-10;1-2-4-6-5-3-1/h4-8H,1-3H3;1-6H2. The molecule has 1 aromatic carbocycles. The highest BCUT2D eigenvalue weighted by molar-refractivity contribution is 5.23. The van der Waals surface area contributed by atoms with Gasteiger partial charge in [0.15, 0.2) is 0 Å². The maximum Gasteiger partial charge on any atom is -0.0219 e. The Balaban J connectivity index is 0.000000181. The summed E-state index contributed by atoms with van der Waals surface area (Å²) in [4.78, 5) is 0. The van der Waals surface area contributed by atoms with Crippen LogP contribution >= 0.6 is 0 Å². The normalized spacial score (nSPS) is 15.5. The minimum absolute atomic E-state index is 0.653. The van der Waals surface area contributed by atoms with Gasteiger partial charge in [-0.05, 0) is 18.4 Å². The van der Waals surface area contributed by atoms with Crippen LogP contribution < -0.4 is 0 Å². The molecule has 0 bridgehead atoms. The summed E-state index contributed by atoms with van der Waals surface area (Å²) < 4.78 is 0. The van der Waals surface area contributed by atoms with Gasteiger partial charge in [-0.3, -0.25) is 0 Å². The predicted octanol–water partition coefficient (Wildman–Crippen LogP) is 5.46. The molecule has 0 aromatic heterocycles. The zero-order valence-corrected chi connectivity index (χ0v) is 11.1. The first-order chi connectivity index (χ1) is 7.70. The Morgan fingerprint density at radius 1 is 0.750 bits per heavy atom. The number of aryl methyl sites for hydroxylation is 1. The monoisotopic (exact) mass is 218 g/mol. The molecule has 0 heteroatoms. The Hall–Kier alpha value is -0.780. The molecule has 0 heterocycles. The molecule has 0 N–H and O–H groups in total. The topological polar surface area (TPSA) is 0 Å². The molecule has 90 valence electrons. The van der Waals surface area contributed by atoms with Crippen molar-refractivity contribution in [2.75, 3.05) is 0 Å². The minimum Gasteiger partial charge on any atom is -0.0590 e. The fourth-order valence-electron chi connectivity index (χ4n) is 2.01. The lowest BCUT2D eigenvalue weighted by Crippen LogP contribution is -1.85. The molecule has 1 fully saturated rings. The molecule has 0 saturated heterocycles. The van der Waals surface area contributed by atoms with Gasteiger partial charge in [0, 0.05) is 0 Å². The quantitative estimate of drug-likeness (QED) is 0.587. The zero-order valence-electron chi connectivity index (χ0n) is 11.1. The molecule has 0 radical (unpaired) electrons. The molecule has 1 aromatic rings. The molecule has 1 saturated carbocycles. The van der Waals surface area contributed by atoms with Crippen molar-refractivity contribution in [1.82, 2.24) is 0 Å². The second-order valence-corrected chi connectivity index (χ2v) is 5.19. The van der Waals surface area contributed by atoms with Gasteiger partial charge < -0.3 is 0 Å². The van der Waals surface area contributed by atoms with E-state index in [1.54, 1.807) is 0 Å². The summed E-state index contributed by atoms with van der Waals surface area (Å²) in [5, 5.41) is 0. The molecule has 1 aliphatic rings. The third-order valence-corrected chi connectivity index (χ3v) is 3.24. The van der Waals surface area contributed by atoms with E-state index in [1.165, 1.54) is 49.7 Å². The van der Waals surface area contributed by atoms with Crippen molar-refractivity contribution in [3.05, 3.63) is 35.4 Å². The van der Waals surface area contributed by atoms with Gasteiger partial charge in [0.05, 0.1) is 0 Å². The third kappa shape index (κ3) is 5.34. The minimum atomic E-state index is 0.653. The van der Waals surface area contributed by atoms with Crippen molar-refractivity contribution < 1.29 is 0 Å². The summed E-state index contributed by atoms with van der Waals surface area (Å²) in [6.07, 6.45) is 9.00. The van der Waals surface area contributed by atoms with Crippen LogP contribution in [0, 0.1) is 6.92 Å². The van der Waals surface area contributed by atoms with Crippen LogP contribution in [0.1, 0.15) is 69.4 Å². The number of benzene rings is 1. The van der Waals surface area contributed by atoms with Crippen LogP contribution in [0.15, 0.2) is 24.3 Å². The van der Waals surface area contributed by atoms with Crippen molar-refractivity contribution in [2.24, 2.45) is 0 Å². The van der Waals surface area contributed by atoms with Crippen molar-refractivity contribution in [3.8, 4) is 0 Å². The van der Waals surface area contributed by atoms with Crippen molar-refractivity contribution in [2.45, 2.75) is 65.2 Å². The first-order valence-corrected chi connectivity index (χ1v) is 6.76. The Bertz CT molecular complexity index is 253. The fraction of sp³-hybridized carbons (Fsp3) is 0.625. The van der Waals surface area contributed by atoms with E-state index in [9.17, 15) is 0 Å². The van der Waals surface area contributed by atoms with Crippen LogP contribution in [0.2, 0.25) is 0 Å². The van der Waals surface area contributed by atoms with Crippen LogP contribution in [-0.4, -0.2) is 0 Å². The lowest BCUT2D eigenvalue weighted by Gasteiger charge is -2.05. The number of rotatable bonds is 1. The second kappa shape index (κ2) is 7.49. The largest absolute Gasteiger partial charge is 0.0590 e. The van der Waals surface area contributed by atoms with Crippen LogP contribution in [-0.2, 0) is 0 Å². The Morgan fingerprint density at radius 2 is 1.12 bits per heavy atom. The summed E-state index contributed by atoms with van der Waals surface area (Å²) in [7, 11) is 0. The lowest BCUT2D eigenvalue weighted by molar-refractivity contribution is 0.504. The maximum atomic E-state index is 2.21. The van der Waals surface area contributed by atoms with Gasteiger partial charge in [0.1, 0.15) is 0 Å². The third-order valence-electron chi connectivity index (χ3n) is 3.24. The summed E-state index contributed by atoms with van der Waals surface area (Å²) in [6, 6.07) is 8.71. The van der Waals surface area contributed by atoms with Gasteiger partial charge in [-0.15, -0.1) is 0 Å². The summed E-state index contributed by atoms with van der Waals surface area (Å²) in [5.74, 6) is 0.653. The highest BCUT2D eigenvalue weighted by Gasteiger charge is 1.96. The molecule has 0 unspecified atom stereocenters. The maximum absolute atomic E-state index is 2.21. The van der Waals surface area contributed by atoms with E-state index in [0.29, 0.717) is 5.92 Å². The van der Waals surface area contributed by atoms with E-state index in [4.69, 9.17) is 0 Å². The molecular weight excluding hydrogens is 192 g/mol. The number of hydrogen-bond acceptors (Lipinski definition) is 0. The summed E-state index contributed by atoms with van der Waals surface area (Å²) >= 11 is 0. The first-order valence-electron chi connectivity index (χ1n) is 6.76. The van der Waals surface area contributed by atoms with Crippen LogP contribution in [0.5, 0.6) is 0 Å². The SMILES string of the molecule is C1CCCCC1.Cc1ccc(C(C)C)cc1. The molecule has 0 nitrogen and oxygen atoms in total. The fourth-order valence-corrected chi connectivity index (χ4v) is 2.01. The molecule has 0 amide bonds. The van der Waals surface area contributed by atoms with Crippen LogP contribution in [0.3, 0.4) is 0 Å². The van der Waals surface area contributed by atoms with Gasteiger partial charge >= 0.3 is 0 Å². The highest BCUT2D eigenvalue weighted by Crippen LogP contribution is 2.15. The Morgan fingerprint density at radius 3 is 1.44 bits per heavy atom. The van der Waals surface area contributed by atoms with E-state index in [1.807, 2.05) is 0 Å². The van der Waals surface area contributed by atoms with E-state index in [-0.39, 0.29) is 0 Å². The van der Waals surface area contributed by atoms with E-state index < -0.39 is 0 Å². The number of hydrogen-bond donors (Lipinski definition) is 0. The second-order valence-electron chi connectivity index (χ2n) is 5.19. The highest BCUT2D eigenvalue weighted by atomic mass is 14.0. The molecule has 16 heavy (non-hydrogen) atoms. The van der Waals surface area contributed by atoms with Crippen LogP contribution in [0.4, 0.5) is 0 Å². The zero-order chi connectivity index (χ0) is 11.8. The van der Waals surface area contributed by atoms with Gasteiger partial charge in [-0.1, -0.05) is 82.2 Å². The van der Waals surface area contributed by atoms with E-state index in [2.05, 4.69) is 45.0 Å². The van der Waals surface area contributed by atoms with Gasteiger partial charge in [-0.25, -0.2) is 0 Å². The average molecular weight is 218 g/mol. The lowest BCUT2D eigenvalue weighted by atomic mass is 10.0. The van der Waals surface area contributed by atoms with Crippen molar-refractivity contribution in [1.29, 1.82) is 0 Å². The molecular formula is C16H26. The van der Waals surface area contributed by atoms with E-state index >= 15 is 0 Å². The Labute approximate surface area is 101 Å². The molecule has 2 rings (SSSR count). The van der Waals surface area contributed by atoms with Gasteiger partial charge in [-0.2, -0.15) is 0 Å².